The molecule has 1 amide bonds. The summed E-state index contributed by atoms with van der Waals surface area (Å²) in [6.45, 7) is 1.35. The molecule has 0 aliphatic carbocycles. The van der Waals surface area contributed by atoms with Gasteiger partial charge in [-0.15, -0.1) is 0 Å². The first-order valence-corrected chi connectivity index (χ1v) is 6.66. The lowest BCUT2D eigenvalue weighted by molar-refractivity contribution is -0.119. The topological polar surface area (TPSA) is 74.2 Å². The van der Waals surface area contributed by atoms with Gasteiger partial charge in [0.05, 0.1) is 17.8 Å². The van der Waals surface area contributed by atoms with E-state index in [0.29, 0.717) is 24.4 Å². The van der Waals surface area contributed by atoms with E-state index in [9.17, 15) is 4.79 Å². The predicted octanol–water partition coefficient (Wildman–Crippen LogP) is 1.89. The van der Waals surface area contributed by atoms with Crippen LogP contribution in [-0.2, 0) is 9.53 Å². The predicted molar refractivity (Wildman–Crippen MR) is 76.8 cm³/mol. The fourth-order valence-electron chi connectivity index (χ4n) is 1.45. The fourth-order valence-corrected chi connectivity index (χ4v) is 1.81. The zero-order chi connectivity index (χ0) is 14.1. The SMILES string of the molecule is COCCCNC(=O)CNc1ccc(Br)cc1C#N. The van der Waals surface area contributed by atoms with Gasteiger partial charge in [-0.3, -0.25) is 4.79 Å². The minimum atomic E-state index is -0.108. The summed E-state index contributed by atoms with van der Waals surface area (Å²) in [6, 6.07) is 7.37. The summed E-state index contributed by atoms with van der Waals surface area (Å²) in [5.41, 5.74) is 1.15. The number of amides is 1. The molecule has 6 heteroatoms. The highest BCUT2D eigenvalue weighted by molar-refractivity contribution is 9.10. The molecule has 0 saturated carbocycles. The number of benzene rings is 1. The van der Waals surface area contributed by atoms with Crippen molar-refractivity contribution in [2.24, 2.45) is 0 Å². The van der Waals surface area contributed by atoms with Crippen LogP contribution in [0.3, 0.4) is 0 Å². The number of hydrogen-bond donors (Lipinski definition) is 2. The van der Waals surface area contributed by atoms with E-state index >= 15 is 0 Å². The molecule has 0 aliphatic heterocycles. The third-order valence-electron chi connectivity index (χ3n) is 2.39. The molecular weight excluding hydrogens is 310 g/mol. The van der Waals surface area contributed by atoms with Crippen molar-refractivity contribution in [2.45, 2.75) is 6.42 Å². The third-order valence-corrected chi connectivity index (χ3v) is 2.88. The molecule has 0 fully saturated rings. The molecule has 0 radical (unpaired) electrons. The Morgan fingerprint density at radius 1 is 1.53 bits per heavy atom. The molecule has 1 aromatic rings. The Bertz CT molecular complexity index is 471. The number of methoxy groups -OCH3 is 1. The summed E-state index contributed by atoms with van der Waals surface area (Å²) in [6.07, 6.45) is 0.782. The van der Waals surface area contributed by atoms with Gasteiger partial charge >= 0.3 is 0 Å². The molecule has 0 unspecified atom stereocenters. The average Bonchev–Trinajstić information content (AvgIpc) is 2.42. The number of carbonyl (C=O) groups excluding carboxylic acids is 1. The quantitative estimate of drug-likeness (QED) is 0.751. The van der Waals surface area contributed by atoms with Gasteiger partial charge in [0.25, 0.3) is 0 Å². The minimum Gasteiger partial charge on any atom is -0.385 e. The molecule has 0 bridgehead atoms. The molecule has 102 valence electrons. The largest absolute Gasteiger partial charge is 0.385 e. The number of nitrogens with zero attached hydrogens (tertiary/aromatic N) is 1. The maximum Gasteiger partial charge on any atom is 0.239 e. The van der Waals surface area contributed by atoms with Gasteiger partial charge in [-0.25, -0.2) is 0 Å². The van der Waals surface area contributed by atoms with Gasteiger partial charge in [0, 0.05) is 24.7 Å². The molecule has 0 aliphatic rings. The Balaban J connectivity index is 2.40. The summed E-state index contributed by atoms with van der Waals surface area (Å²) in [5, 5.41) is 14.7. The van der Waals surface area contributed by atoms with Gasteiger partial charge < -0.3 is 15.4 Å². The van der Waals surface area contributed by atoms with Crippen molar-refractivity contribution in [3.05, 3.63) is 28.2 Å². The molecule has 2 N–H and O–H groups in total. The second-order valence-electron chi connectivity index (χ2n) is 3.85. The van der Waals surface area contributed by atoms with Crippen LogP contribution in [0.25, 0.3) is 0 Å². The summed E-state index contributed by atoms with van der Waals surface area (Å²) >= 11 is 3.30. The molecule has 1 aromatic carbocycles. The first kappa shape index (κ1) is 15.5. The molecule has 0 heterocycles. The van der Waals surface area contributed by atoms with Gasteiger partial charge in [0.2, 0.25) is 5.91 Å². The number of nitrogens with one attached hydrogen (secondary N) is 2. The van der Waals surface area contributed by atoms with Gasteiger partial charge in [0.15, 0.2) is 0 Å². The van der Waals surface area contributed by atoms with E-state index in [-0.39, 0.29) is 12.5 Å². The van der Waals surface area contributed by atoms with E-state index in [0.717, 1.165) is 10.9 Å². The van der Waals surface area contributed by atoms with Crippen LogP contribution < -0.4 is 10.6 Å². The van der Waals surface area contributed by atoms with Crippen molar-refractivity contribution in [3.8, 4) is 6.07 Å². The first-order valence-electron chi connectivity index (χ1n) is 5.86. The van der Waals surface area contributed by atoms with E-state index in [1.54, 1.807) is 19.2 Å². The normalized spacial score (nSPS) is 9.74. The Hall–Kier alpha value is -1.58. The van der Waals surface area contributed by atoms with Crippen molar-refractivity contribution in [1.29, 1.82) is 5.26 Å². The van der Waals surface area contributed by atoms with Gasteiger partial charge in [-0.05, 0) is 24.6 Å². The van der Waals surface area contributed by atoms with Crippen LogP contribution in [0.5, 0.6) is 0 Å². The number of halogens is 1. The van der Waals surface area contributed by atoms with Crippen LogP contribution in [0, 0.1) is 11.3 Å². The number of anilines is 1. The summed E-state index contributed by atoms with van der Waals surface area (Å²) in [4.78, 5) is 11.5. The number of hydrogen-bond acceptors (Lipinski definition) is 4. The summed E-state index contributed by atoms with van der Waals surface area (Å²) in [7, 11) is 1.63. The standard InChI is InChI=1S/C13H16BrN3O2/c1-19-6-2-5-16-13(18)9-17-12-4-3-11(14)7-10(12)8-15/h3-4,7,17H,2,5-6,9H2,1H3,(H,16,18). The van der Waals surface area contributed by atoms with E-state index in [4.69, 9.17) is 10.00 Å². The van der Waals surface area contributed by atoms with Crippen LogP contribution in [0.1, 0.15) is 12.0 Å². The van der Waals surface area contributed by atoms with Gasteiger partial charge in [-0.2, -0.15) is 5.26 Å². The van der Waals surface area contributed by atoms with Crippen LogP contribution in [0.4, 0.5) is 5.69 Å². The second-order valence-corrected chi connectivity index (χ2v) is 4.77. The number of nitriles is 1. The zero-order valence-corrected chi connectivity index (χ0v) is 12.3. The lowest BCUT2D eigenvalue weighted by Crippen LogP contribution is -2.31. The molecule has 0 saturated heterocycles. The maximum absolute atomic E-state index is 11.5. The molecule has 0 spiro atoms. The molecular formula is C13H16BrN3O2. The van der Waals surface area contributed by atoms with E-state index in [1.165, 1.54) is 0 Å². The number of ether oxygens (including phenoxy) is 1. The highest BCUT2D eigenvalue weighted by Crippen LogP contribution is 2.19. The molecule has 0 aromatic heterocycles. The van der Waals surface area contributed by atoms with Crippen LogP contribution in [0.15, 0.2) is 22.7 Å². The van der Waals surface area contributed by atoms with Crippen molar-refractivity contribution >= 4 is 27.5 Å². The highest BCUT2D eigenvalue weighted by atomic mass is 79.9. The Morgan fingerprint density at radius 2 is 2.32 bits per heavy atom. The third kappa shape index (κ3) is 5.73. The number of carbonyl (C=O) groups is 1. The second kappa shape index (κ2) is 8.51. The minimum absolute atomic E-state index is 0.108. The van der Waals surface area contributed by atoms with E-state index in [2.05, 4.69) is 32.6 Å². The lowest BCUT2D eigenvalue weighted by Gasteiger charge is -2.09. The Labute approximate surface area is 121 Å². The summed E-state index contributed by atoms with van der Waals surface area (Å²) in [5.74, 6) is -0.108. The fraction of sp³-hybridized carbons (Fsp3) is 0.385. The lowest BCUT2D eigenvalue weighted by atomic mass is 10.2. The zero-order valence-electron chi connectivity index (χ0n) is 10.7. The average molecular weight is 326 g/mol. The van der Waals surface area contributed by atoms with Crippen molar-refractivity contribution in [3.63, 3.8) is 0 Å². The molecule has 0 atom stereocenters. The molecule has 5 nitrogen and oxygen atoms in total. The highest BCUT2D eigenvalue weighted by Gasteiger charge is 2.05. The maximum atomic E-state index is 11.5. The van der Waals surface area contributed by atoms with Crippen molar-refractivity contribution < 1.29 is 9.53 Å². The van der Waals surface area contributed by atoms with Crippen LogP contribution in [0.2, 0.25) is 0 Å². The van der Waals surface area contributed by atoms with E-state index in [1.807, 2.05) is 6.07 Å². The molecule has 1 rings (SSSR count). The van der Waals surface area contributed by atoms with Crippen LogP contribution in [-0.4, -0.2) is 32.7 Å². The Kier molecular flexibility index (Phi) is 6.93. The Morgan fingerprint density at radius 3 is 3.00 bits per heavy atom. The van der Waals surface area contributed by atoms with Crippen molar-refractivity contribution in [1.82, 2.24) is 5.32 Å². The van der Waals surface area contributed by atoms with Gasteiger partial charge in [-0.1, -0.05) is 15.9 Å². The smallest absolute Gasteiger partial charge is 0.239 e. The van der Waals surface area contributed by atoms with Gasteiger partial charge in [0.1, 0.15) is 6.07 Å². The van der Waals surface area contributed by atoms with E-state index < -0.39 is 0 Å². The number of rotatable bonds is 7. The van der Waals surface area contributed by atoms with Crippen molar-refractivity contribution in [2.75, 3.05) is 32.1 Å². The van der Waals surface area contributed by atoms with Crippen LogP contribution >= 0.6 is 15.9 Å². The monoisotopic (exact) mass is 325 g/mol. The first-order chi connectivity index (χ1) is 9.17. The molecule has 19 heavy (non-hydrogen) atoms. The summed E-state index contributed by atoms with van der Waals surface area (Å²) < 4.78 is 5.72.